The van der Waals surface area contributed by atoms with Gasteiger partial charge in [0.1, 0.15) is 23.4 Å². The monoisotopic (exact) mass is 487 g/mol. The predicted molar refractivity (Wildman–Crippen MR) is 134 cm³/mol. The van der Waals surface area contributed by atoms with Gasteiger partial charge >= 0.3 is 0 Å². The first-order valence-electron chi connectivity index (χ1n) is 11.0. The van der Waals surface area contributed by atoms with E-state index in [-0.39, 0.29) is 18.1 Å². The van der Waals surface area contributed by atoms with Gasteiger partial charge in [-0.15, -0.1) is 10.2 Å². The summed E-state index contributed by atoms with van der Waals surface area (Å²) in [5, 5.41) is 21.8. The molecule has 2 heterocycles. The Labute approximate surface area is 206 Å². The summed E-state index contributed by atoms with van der Waals surface area (Å²) in [5.41, 5.74) is 3.70. The summed E-state index contributed by atoms with van der Waals surface area (Å²) in [6, 6.07) is 18.9. The highest BCUT2D eigenvalue weighted by Gasteiger charge is 2.30. The number of hydrogen-bond donors (Lipinski definition) is 2. The van der Waals surface area contributed by atoms with Crippen molar-refractivity contribution in [1.82, 2.24) is 14.8 Å². The molecule has 1 aliphatic heterocycles. The van der Waals surface area contributed by atoms with Gasteiger partial charge in [0.05, 0.1) is 24.9 Å². The van der Waals surface area contributed by atoms with Crippen LogP contribution in [0.2, 0.25) is 5.02 Å². The van der Waals surface area contributed by atoms with E-state index >= 15 is 0 Å². The smallest absolute Gasteiger partial charge is 0.227 e. The van der Waals surface area contributed by atoms with Crippen molar-refractivity contribution in [3.63, 3.8) is 0 Å². The zero-order chi connectivity index (χ0) is 24.5. The van der Waals surface area contributed by atoms with Crippen LogP contribution in [0.1, 0.15) is 35.2 Å². The van der Waals surface area contributed by atoms with Crippen LogP contribution < -0.4 is 10.1 Å². The lowest BCUT2D eigenvalue weighted by Crippen LogP contribution is -2.17. The molecule has 1 aromatic heterocycles. The number of methoxy groups -OCH3 is 1. The molecular weight excluding hydrogens is 466 g/mol. The highest BCUT2D eigenvalue weighted by molar-refractivity contribution is 6.30. The molecule has 0 aliphatic carbocycles. The molecule has 9 heteroatoms. The van der Waals surface area contributed by atoms with Gasteiger partial charge in [0.15, 0.2) is 5.82 Å². The van der Waals surface area contributed by atoms with Crippen LogP contribution >= 0.6 is 11.6 Å². The first kappa shape index (κ1) is 22.6. The van der Waals surface area contributed by atoms with Gasteiger partial charge in [-0.05, 0) is 49.4 Å². The minimum atomic E-state index is -0.613. The Hall–Kier alpha value is -4.17. The zero-order valence-electron chi connectivity index (χ0n) is 19.1. The standard InChI is InChI=1S/C26H22ClN5O3/c1-15-30-31-26-22(14-24(34)28-18-4-3-5-19(33)12-18)29-25(16-6-8-17(27)9-7-16)21-13-20(35-2)10-11-23(21)32(15)26/h3-13,22,33H,14H2,1-2H3,(H,28,34)/t22-/m0/s1. The van der Waals surface area contributed by atoms with Gasteiger partial charge in [-0.25, -0.2) is 0 Å². The first-order chi connectivity index (χ1) is 16.9. The molecule has 0 saturated heterocycles. The number of nitrogens with zero attached hydrogens (tertiary/aromatic N) is 4. The van der Waals surface area contributed by atoms with Crippen LogP contribution in [0.3, 0.4) is 0 Å². The van der Waals surface area contributed by atoms with Crippen LogP contribution in [0.5, 0.6) is 11.5 Å². The molecule has 5 rings (SSSR count). The molecule has 1 aliphatic rings. The van der Waals surface area contributed by atoms with Crippen LogP contribution in [-0.4, -0.2) is 38.6 Å². The van der Waals surface area contributed by atoms with E-state index in [9.17, 15) is 9.90 Å². The average Bonchev–Trinajstić information content (AvgIpc) is 3.17. The van der Waals surface area contributed by atoms with E-state index in [0.717, 1.165) is 16.8 Å². The van der Waals surface area contributed by atoms with Gasteiger partial charge in [-0.1, -0.05) is 29.8 Å². The lowest BCUT2D eigenvalue weighted by atomic mass is 10.00. The molecule has 0 saturated carbocycles. The maximum atomic E-state index is 13.0. The predicted octanol–water partition coefficient (Wildman–Crippen LogP) is 4.86. The number of aromatic hydroxyl groups is 1. The number of rotatable bonds is 5. The van der Waals surface area contributed by atoms with Gasteiger partial charge in [0.2, 0.25) is 5.91 Å². The Morgan fingerprint density at radius 1 is 1.11 bits per heavy atom. The second-order valence-electron chi connectivity index (χ2n) is 8.13. The van der Waals surface area contributed by atoms with Crippen molar-refractivity contribution in [2.45, 2.75) is 19.4 Å². The molecule has 1 atom stereocenters. The Morgan fingerprint density at radius 2 is 1.91 bits per heavy atom. The molecule has 35 heavy (non-hydrogen) atoms. The molecule has 0 bridgehead atoms. The lowest BCUT2D eigenvalue weighted by Gasteiger charge is -2.14. The molecule has 1 amide bonds. The summed E-state index contributed by atoms with van der Waals surface area (Å²) in [4.78, 5) is 18.1. The van der Waals surface area contributed by atoms with Crippen LogP contribution in [0.25, 0.3) is 5.69 Å². The first-order valence-corrected chi connectivity index (χ1v) is 11.3. The van der Waals surface area contributed by atoms with Gasteiger partial charge in [-0.2, -0.15) is 0 Å². The van der Waals surface area contributed by atoms with E-state index in [2.05, 4.69) is 15.5 Å². The summed E-state index contributed by atoms with van der Waals surface area (Å²) >= 11 is 6.14. The molecule has 4 aromatic rings. The second-order valence-corrected chi connectivity index (χ2v) is 8.56. The molecule has 2 N–H and O–H groups in total. The molecule has 8 nitrogen and oxygen atoms in total. The van der Waals surface area contributed by atoms with Crippen LogP contribution in [0, 0.1) is 6.92 Å². The maximum absolute atomic E-state index is 13.0. The Bertz CT molecular complexity index is 1450. The minimum Gasteiger partial charge on any atom is -0.508 e. The number of aryl methyl sites for hydroxylation is 1. The van der Waals surface area contributed by atoms with E-state index in [4.69, 9.17) is 21.3 Å². The number of aliphatic imine (C=N–C) groups is 1. The van der Waals surface area contributed by atoms with E-state index < -0.39 is 6.04 Å². The number of amides is 1. The van der Waals surface area contributed by atoms with Crippen molar-refractivity contribution in [2.75, 3.05) is 12.4 Å². The third-order valence-corrected chi connectivity index (χ3v) is 6.01. The Kier molecular flexibility index (Phi) is 5.96. The number of fused-ring (bicyclic) bond motifs is 3. The third kappa shape index (κ3) is 4.48. The van der Waals surface area contributed by atoms with Crippen LogP contribution in [0.4, 0.5) is 5.69 Å². The van der Waals surface area contributed by atoms with Crippen molar-refractivity contribution in [1.29, 1.82) is 0 Å². The molecule has 0 radical (unpaired) electrons. The van der Waals surface area contributed by atoms with Crippen molar-refractivity contribution in [2.24, 2.45) is 4.99 Å². The zero-order valence-corrected chi connectivity index (χ0v) is 19.8. The van der Waals surface area contributed by atoms with Gasteiger partial charge in [0, 0.05) is 27.9 Å². The fraction of sp³-hybridized carbons (Fsp3) is 0.154. The molecule has 3 aromatic carbocycles. The van der Waals surface area contributed by atoms with E-state index in [1.165, 1.54) is 6.07 Å². The number of halogens is 1. The van der Waals surface area contributed by atoms with E-state index in [1.54, 1.807) is 37.4 Å². The number of carbonyl (C=O) groups is 1. The molecule has 0 unspecified atom stereocenters. The Morgan fingerprint density at radius 3 is 2.66 bits per heavy atom. The topological polar surface area (TPSA) is 102 Å². The summed E-state index contributed by atoms with van der Waals surface area (Å²) in [6.07, 6.45) is 0.0238. The number of benzene rings is 3. The number of anilines is 1. The largest absolute Gasteiger partial charge is 0.508 e. The van der Waals surface area contributed by atoms with Crippen molar-refractivity contribution >= 4 is 28.9 Å². The fourth-order valence-electron chi connectivity index (χ4n) is 4.15. The molecule has 0 spiro atoms. The van der Waals surface area contributed by atoms with Gasteiger partial charge in [-0.3, -0.25) is 14.4 Å². The minimum absolute atomic E-state index is 0.0238. The van der Waals surface area contributed by atoms with E-state index in [1.807, 2.05) is 41.8 Å². The van der Waals surface area contributed by atoms with Crippen molar-refractivity contribution in [3.05, 3.63) is 94.5 Å². The molecular formula is C26H22ClN5O3. The lowest BCUT2D eigenvalue weighted by molar-refractivity contribution is -0.116. The SMILES string of the molecule is COc1ccc2c(c1)C(c1ccc(Cl)cc1)=N[C@@H](CC(=O)Nc1cccc(O)c1)c1nnc(C)n1-2. The third-order valence-electron chi connectivity index (χ3n) is 5.76. The number of phenols is 1. The maximum Gasteiger partial charge on any atom is 0.227 e. The number of nitrogens with one attached hydrogen (secondary N) is 1. The van der Waals surface area contributed by atoms with Crippen LogP contribution in [0.15, 0.2) is 71.7 Å². The van der Waals surface area contributed by atoms with Gasteiger partial charge < -0.3 is 15.2 Å². The number of carbonyl (C=O) groups excluding carboxylic acids is 1. The summed E-state index contributed by atoms with van der Waals surface area (Å²) < 4.78 is 7.41. The number of ether oxygens (including phenoxy) is 1. The number of hydrogen-bond acceptors (Lipinski definition) is 6. The Balaban J connectivity index is 1.62. The summed E-state index contributed by atoms with van der Waals surface area (Å²) in [5.74, 6) is 1.72. The number of aromatic nitrogens is 3. The fourth-order valence-corrected chi connectivity index (χ4v) is 4.27. The van der Waals surface area contributed by atoms with Crippen LogP contribution in [-0.2, 0) is 4.79 Å². The molecule has 0 fully saturated rings. The van der Waals surface area contributed by atoms with Crippen molar-refractivity contribution in [3.8, 4) is 17.2 Å². The highest BCUT2D eigenvalue weighted by atomic mass is 35.5. The normalized spacial score (nSPS) is 14.4. The quantitative estimate of drug-likeness (QED) is 0.418. The van der Waals surface area contributed by atoms with Gasteiger partial charge in [0.25, 0.3) is 0 Å². The average molecular weight is 488 g/mol. The number of phenolic OH excluding ortho intramolecular Hbond substituents is 1. The summed E-state index contributed by atoms with van der Waals surface area (Å²) in [6.45, 7) is 1.86. The van der Waals surface area contributed by atoms with E-state index in [0.29, 0.717) is 33.8 Å². The van der Waals surface area contributed by atoms with Crippen molar-refractivity contribution < 1.29 is 14.6 Å². The summed E-state index contributed by atoms with van der Waals surface area (Å²) in [7, 11) is 1.61. The second kappa shape index (κ2) is 9.23. The highest BCUT2D eigenvalue weighted by Crippen LogP contribution is 2.34. The molecule has 176 valence electrons.